The summed E-state index contributed by atoms with van der Waals surface area (Å²) in [6.45, 7) is 4.95. The topological polar surface area (TPSA) is 30.5 Å². The number of nitrogens with one attached hydrogen (secondary N) is 1. The zero-order valence-electron chi connectivity index (χ0n) is 11.9. The lowest BCUT2D eigenvalue weighted by Gasteiger charge is -2.44. The second kappa shape index (κ2) is 5.14. The van der Waals surface area contributed by atoms with Gasteiger partial charge < -0.3 is 14.8 Å². The molecule has 19 heavy (non-hydrogen) atoms. The molecular weight excluding hydrogens is 238 g/mol. The highest BCUT2D eigenvalue weighted by atomic mass is 16.5. The number of methoxy groups -OCH3 is 1. The first kappa shape index (κ1) is 12.9. The van der Waals surface area contributed by atoms with E-state index < -0.39 is 0 Å². The average molecular weight is 261 g/mol. The van der Waals surface area contributed by atoms with Gasteiger partial charge in [-0.25, -0.2) is 0 Å². The molecule has 2 fully saturated rings. The van der Waals surface area contributed by atoms with Crippen LogP contribution in [-0.4, -0.2) is 32.9 Å². The van der Waals surface area contributed by atoms with E-state index in [9.17, 15) is 0 Å². The van der Waals surface area contributed by atoms with Gasteiger partial charge in [0, 0.05) is 17.0 Å². The Bertz CT molecular complexity index is 448. The number of benzene rings is 1. The van der Waals surface area contributed by atoms with Crippen LogP contribution in [0.1, 0.15) is 30.4 Å². The molecule has 2 aliphatic heterocycles. The van der Waals surface area contributed by atoms with Crippen molar-refractivity contribution in [2.45, 2.75) is 37.6 Å². The van der Waals surface area contributed by atoms with Crippen molar-refractivity contribution in [2.24, 2.45) is 0 Å². The zero-order chi connectivity index (χ0) is 13.3. The molecule has 2 saturated heterocycles. The van der Waals surface area contributed by atoms with Crippen LogP contribution in [0.15, 0.2) is 18.2 Å². The number of hydrogen-bond acceptors (Lipinski definition) is 3. The Morgan fingerprint density at radius 3 is 2.84 bits per heavy atom. The van der Waals surface area contributed by atoms with Crippen molar-refractivity contribution < 1.29 is 9.47 Å². The minimum Gasteiger partial charge on any atom is -0.496 e. The average Bonchev–Trinajstić information content (AvgIpc) is 2.86. The molecule has 0 aromatic heterocycles. The van der Waals surface area contributed by atoms with Crippen molar-refractivity contribution in [3.8, 4) is 5.75 Å². The van der Waals surface area contributed by atoms with Crippen molar-refractivity contribution in [3.05, 3.63) is 29.3 Å². The van der Waals surface area contributed by atoms with E-state index in [-0.39, 0.29) is 5.41 Å². The summed E-state index contributed by atoms with van der Waals surface area (Å²) in [5.74, 6) is 1.01. The van der Waals surface area contributed by atoms with E-state index in [1.165, 1.54) is 24.0 Å². The molecule has 2 heterocycles. The van der Waals surface area contributed by atoms with Crippen LogP contribution in [0.3, 0.4) is 0 Å². The predicted molar refractivity (Wildman–Crippen MR) is 75.9 cm³/mol. The van der Waals surface area contributed by atoms with E-state index >= 15 is 0 Å². The van der Waals surface area contributed by atoms with Crippen molar-refractivity contribution >= 4 is 0 Å². The molecule has 1 aromatic rings. The third-order valence-electron chi connectivity index (χ3n) is 4.48. The van der Waals surface area contributed by atoms with Crippen molar-refractivity contribution in [1.82, 2.24) is 5.32 Å². The third kappa shape index (κ3) is 2.37. The van der Waals surface area contributed by atoms with Gasteiger partial charge in [-0.2, -0.15) is 0 Å². The maximum Gasteiger partial charge on any atom is 0.122 e. The molecular formula is C16H23NO2. The minimum atomic E-state index is 0.152. The van der Waals surface area contributed by atoms with Crippen LogP contribution in [-0.2, 0) is 10.2 Å². The van der Waals surface area contributed by atoms with E-state index in [4.69, 9.17) is 9.47 Å². The fraction of sp³-hybridized carbons (Fsp3) is 0.625. The molecule has 1 unspecified atom stereocenters. The highest BCUT2D eigenvalue weighted by Gasteiger charge is 2.44. The molecule has 2 aliphatic rings. The van der Waals surface area contributed by atoms with Crippen molar-refractivity contribution in [1.29, 1.82) is 0 Å². The van der Waals surface area contributed by atoms with E-state index in [1.807, 2.05) is 0 Å². The van der Waals surface area contributed by atoms with Gasteiger partial charge in [-0.15, -0.1) is 0 Å². The van der Waals surface area contributed by atoms with Gasteiger partial charge in [-0.3, -0.25) is 0 Å². The third-order valence-corrected chi connectivity index (χ3v) is 4.48. The molecule has 1 aromatic carbocycles. The second-order valence-corrected chi connectivity index (χ2v) is 5.97. The van der Waals surface area contributed by atoms with Gasteiger partial charge in [0.1, 0.15) is 5.75 Å². The second-order valence-electron chi connectivity index (χ2n) is 5.97. The smallest absolute Gasteiger partial charge is 0.122 e. The summed E-state index contributed by atoms with van der Waals surface area (Å²) in [5, 5.41) is 3.61. The van der Waals surface area contributed by atoms with E-state index in [1.54, 1.807) is 7.11 Å². The van der Waals surface area contributed by atoms with Crippen molar-refractivity contribution in [2.75, 3.05) is 26.9 Å². The molecule has 3 rings (SSSR count). The Hall–Kier alpha value is -1.06. The fourth-order valence-electron chi connectivity index (χ4n) is 3.37. The first-order valence-corrected chi connectivity index (χ1v) is 7.20. The summed E-state index contributed by atoms with van der Waals surface area (Å²) >= 11 is 0. The van der Waals surface area contributed by atoms with Crippen LogP contribution in [0.4, 0.5) is 0 Å². The zero-order valence-corrected chi connectivity index (χ0v) is 11.9. The molecule has 104 valence electrons. The Morgan fingerprint density at radius 1 is 1.42 bits per heavy atom. The van der Waals surface area contributed by atoms with Gasteiger partial charge in [-0.05, 0) is 38.8 Å². The molecule has 0 amide bonds. The lowest BCUT2D eigenvalue weighted by Crippen LogP contribution is -2.50. The Kier molecular flexibility index (Phi) is 3.50. The lowest BCUT2D eigenvalue weighted by molar-refractivity contribution is -0.0688. The fourth-order valence-corrected chi connectivity index (χ4v) is 3.37. The highest BCUT2D eigenvalue weighted by molar-refractivity contribution is 5.44. The first-order valence-electron chi connectivity index (χ1n) is 7.20. The quantitative estimate of drug-likeness (QED) is 0.903. The van der Waals surface area contributed by atoms with Crippen LogP contribution in [0.5, 0.6) is 5.75 Å². The van der Waals surface area contributed by atoms with Crippen LogP contribution < -0.4 is 10.1 Å². The molecule has 0 bridgehead atoms. The number of rotatable bonds is 4. The lowest BCUT2D eigenvalue weighted by atomic mass is 9.73. The Labute approximate surface area is 115 Å². The Morgan fingerprint density at radius 2 is 2.26 bits per heavy atom. The van der Waals surface area contributed by atoms with E-state index in [0.717, 1.165) is 31.9 Å². The van der Waals surface area contributed by atoms with Gasteiger partial charge in [0.25, 0.3) is 0 Å². The van der Waals surface area contributed by atoms with Crippen molar-refractivity contribution in [3.63, 3.8) is 0 Å². The Balaban J connectivity index is 1.90. The number of aryl methyl sites for hydroxylation is 1. The molecule has 0 saturated carbocycles. The molecule has 3 nitrogen and oxygen atoms in total. The summed E-state index contributed by atoms with van der Waals surface area (Å²) in [6, 6.07) is 7.11. The van der Waals surface area contributed by atoms with Crippen LogP contribution in [0.2, 0.25) is 0 Å². The highest BCUT2D eigenvalue weighted by Crippen LogP contribution is 2.42. The normalized spacial score (nSPS) is 25.1. The van der Waals surface area contributed by atoms with Crippen LogP contribution >= 0.6 is 0 Å². The molecule has 1 atom stereocenters. The SMILES string of the molecule is COc1ccc(C)cc1C1(CC2CCCN2)COC1. The maximum absolute atomic E-state index is 5.57. The number of ether oxygens (including phenoxy) is 2. The van der Waals surface area contributed by atoms with Gasteiger partial charge >= 0.3 is 0 Å². The standard InChI is InChI=1S/C16H23NO2/c1-12-5-6-15(18-2)14(8-12)16(10-19-11-16)9-13-4-3-7-17-13/h5-6,8,13,17H,3-4,7,9-11H2,1-2H3. The number of hydrogen-bond donors (Lipinski definition) is 1. The summed E-state index contributed by atoms with van der Waals surface area (Å²) < 4.78 is 11.1. The van der Waals surface area contributed by atoms with E-state index in [2.05, 4.69) is 30.4 Å². The van der Waals surface area contributed by atoms with Gasteiger partial charge in [0.2, 0.25) is 0 Å². The molecule has 0 aliphatic carbocycles. The molecule has 0 radical (unpaired) electrons. The predicted octanol–water partition coefficient (Wildman–Crippen LogP) is 2.41. The van der Waals surface area contributed by atoms with E-state index in [0.29, 0.717) is 6.04 Å². The maximum atomic E-state index is 5.57. The summed E-state index contributed by atoms with van der Waals surface area (Å²) in [6.07, 6.45) is 3.75. The largest absolute Gasteiger partial charge is 0.496 e. The molecule has 1 N–H and O–H groups in total. The molecule has 0 spiro atoms. The van der Waals surface area contributed by atoms with Crippen LogP contribution in [0, 0.1) is 6.92 Å². The minimum absolute atomic E-state index is 0.152. The summed E-state index contributed by atoms with van der Waals surface area (Å²) in [5.41, 5.74) is 2.77. The summed E-state index contributed by atoms with van der Waals surface area (Å²) in [4.78, 5) is 0. The van der Waals surface area contributed by atoms with Gasteiger partial charge in [-0.1, -0.05) is 17.7 Å². The summed E-state index contributed by atoms with van der Waals surface area (Å²) in [7, 11) is 1.76. The van der Waals surface area contributed by atoms with Gasteiger partial charge in [0.05, 0.1) is 20.3 Å². The van der Waals surface area contributed by atoms with Crippen LogP contribution in [0.25, 0.3) is 0 Å². The van der Waals surface area contributed by atoms with Gasteiger partial charge in [0.15, 0.2) is 0 Å². The first-order chi connectivity index (χ1) is 9.23. The monoisotopic (exact) mass is 261 g/mol. The molecule has 3 heteroatoms.